The highest BCUT2D eigenvalue weighted by Crippen LogP contribution is 2.19. The Balaban J connectivity index is 2.25. The summed E-state index contributed by atoms with van der Waals surface area (Å²) in [6.07, 6.45) is 3.21. The number of aromatic nitrogens is 4. The van der Waals surface area contributed by atoms with Gasteiger partial charge in [0, 0.05) is 24.8 Å². The highest BCUT2D eigenvalue weighted by atomic mass is 32.2. The van der Waals surface area contributed by atoms with Crippen molar-refractivity contribution >= 4 is 10.0 Å². The standard InChI is InChI=1S/C11H18N6O2S/c1-8-11(9(2)17(16-8)4-3-12)20(18,19)15-7-10-5-13-14-6-10/h5-6,15H,3-4,7,12H2,1-2H3,(H,13,14). The summed E-state index contributed by atoms with van der Waals surface area (Å²) >= 11 is 0. The van der Waals surface area contributed by atoms with Gasteiger partial charge in [-0.15, -0.1) is 0 Å². The first-order valence-corrected chi connectivity index (χ1v) is 7.65. The maximum atomic E-state index is 12.4. The van der Waals surface area contributed by atoms with Gasteiger partial charge in [0.1, 0.15) is 4.90 Å². The fraction of sp³-hybridized carbons (Fsp3) is 0.455. The molecule has 2 rings (SSSR count). The molecular formula is C11H18N6O2S. The molecule has 0 aromatic carbocycles. The van der Waals surface area contributed by atoms with Gasteiger partial charge < -0.3 is 5.73 Å². The number of hydrogen-bond donors (Lipinski definition) is 3. The van der Waals surface area contributed by atoms with Crippen molar-refractivity contribution in [3.63, 3.8) is 0 Å². The topological polar surface area (TPSA) is 119 Å². The second kappa shape index (κ2) is 5.73. The Kier molecular flexibility index (Phi) is 4.21. The van der Waals surface area contributed by atoms with Gasteiger partial charge in [-0.25, -0.2) is 13.1 Å². The molecule has 0 aliphatic rings. The van der Waals surface area contributed by atoms with Crippen LogP contribution >= 0.6 is 0 Å². The first-order valence-electron chi connectivity index (χ1n) is 6.17. The van der Waals surface area contributed by atoms with Crippen LogP contribution in [0.2, 0.25) is 0 Å². The SMILES string of the molecule is Cc1nn(CCN)c(C)c1S(=O)(=O)NCc1cn[nH]c1. The molecule has 0 bridgehead atoms. The Bertz CT molecular complexity index is 674. The molecule has 0 spiro atoms. The lowest BCUT2D eigenvalue weighted by Crippen LogP contribution is -2.24. The van der Waals surface area contributed by atoms with Gasteiger partial charge in [0.15, 0.2) is 0 Å². The van der Waals surface area contributed by atoms with E-state index in [0.717, 1.165) is 5.56 Å². The first-order chi connectivity index (χ1) is 9.45. The lowest BCUT2D eigenvalue weighted by molar-refractivity contribution is 0.577. The monoisotopic (exact) mass is 298 g/mol. The third kappa shape index (κ3) is 2.89. The van der Waals surface area contributed by atoms with Crippen LogP contribution in [0.1, 0.15) is 17.0 Å². The van der Waals surface area contributed by atoms with E-state index < -0.39 is 10.0 Å². The molecule has 0 saturated heterocycles. The normalized spacial score (nSPS) is 11.9. The van der Waals surface area contributed by atoms with E-state index in [0.29, 0.717) is 24.5 Å². The zero-order chi connectivity index (χ0) is 14.8. The van der Waals surface area contributed by atoms with Gasteiger partial charge in [0.2, 0.25) is 10.0 Å². The van der Waals surface area contributed by atoms with E-state index in [1.165, 1.54) is 0 Å². The van der Waals surface area contributed by atoms with Crippen molar-refractivity contribution in [2.45, 2.75) is 31.8 Å². The second-order valence-electron chi connectivity index (χ2n) is 4.44. The zero-order valence-electron chi connectivity index (χ0n) is 11.4. The van der Waals surface area contributed by atoms with Gasteiger partial charge in [-0.3, -0.25) is 9.78 Å². The Morgan fingerprint density at radius 1 is 1.45 bits per heavy atom. The molecule has 20 heavy (non-hydrogen) atoms. The van der Waals surface area contributed by atoms with Crippen molar-refractivity contribution < 1.29 is 8.42 Å². The predicted octanol–water partition coefficient (Wildman–Crippen LogP) is -0.340. The van der Waals surface area contributed by atoms with Crippen LogP contribution < -0.4 is 10.5 Å². The smallest absolute Gasteiger partial charge is 0.244 e. The Hall–Kier alpha value is -1.71. The summed E-state index contributed by atoms with van der Waals surface area (Å²) in [6.45, 7) is 4.47. The summed E-state index contributed by atoms with van der Waals surface area (Å²) in [6, 6.07) is 0. The molecule has 2 heterocycles. The molecule has 2 aromatic rings. The summed E-state index contributed by atoms with van der Waals surface area (Å²) in [4.78, 5) is 0.217. The van der Waals surface area contributed by atoms with Crippen LogP contribution in [0.3, 0.4) is 0 Å². The summed E-state index contributed by atoms with van der Waals surface area (Å²) in [5.41, 5.74) is 7.31. The number of hydrogen-bond acceptors (Lipinski definition) is 5. The van der Waals surface area contributed by atoms with Gasteiger partial charge in [-0.05, 0) is 13.8 Å². The Labute approximate surface area is 117 Å². The number of nitrogens with zero attached hydrogens (tertiary/aromatic N) is 3. The number of H-pyrrole nitrogens is 1. The quantitative estimate of drug-likeness (QED) is 0.674. The van der Waals surface area contributed by atoms with Gasteiger partial charge in [0.05, 0.1) is 24.1 Å². The fourth-order valence-electron chi connectivity index (χ4n) is 2.03. The summed E-state index contributed by atoms with van der Waals surface area (Å²) in [5.74, 6) is 0. The number of nitrogens with one attached hydrogen (secondary N) is 2. The van der Waals surface area contributed by atoms with E-state index >= 15 is 0 Å². The number of aromatic amines is 1. The van der Waals surface area contributed by atoms with E-state index in [2.05, 4.69) is 20.0 Å². The third-order valence-electron chi connectivity index (χ3n) is 2.95. The molecule has 0 amide bonds. The minimum Gasteiger partial charge on any atom is -0.329 e. The maximum Gasteiger partial charge on any atom is 0.244 e. The average Bonchev–Trinajstić information content (AvgIpc) is 2.97. The number of sulfonamides is 1. The van der Waals surface area contributed by atoms with Crippen LogP contribution in [0.15, 0.2) is 17.3 Å². The molecule has 0 atom stereocenters. The molecule has 110 valence electrons. The minimum absolute atomic E-state index is 0.180. The zero-order valence-corrected chi connectivity index (χ0v) is 12.2. The molecule has 0 saturated carbocycles. The maximum absolute atomic E-state index is 12.4. The van der Waals surface area contributed by atoms with Crippen LogP contribution in [0.5, 0.6) is 0 Å². The lowest BCUT2D eigenvalue weighted by atomic mass is 10.4. The van der Waals surface area contributed by atoms with Crippen molar-refractivity contribution in [1.29, 1.82) is 0 Å². The summed E-state index contributed by atoms with van der Waals surface area (Å²) in [7, 11) is -3.61. The fourth-order valence-corrected chi connectivity index (χ4v) is 3.46. The highest BCUT2D eigenvalue weighted by Gasteiger charge is 2.24. The van der Waals surface area contributed by atoms with Crippen LogP contribution in [0.4, 0.5) is 0 Å². The molecule has 0 radical (unpaired) electrons. The number of nitrogens with two attached hydrogens (primary N) is 1. The van der Waals surface area contributed by atoms with Crippen molar-refractivity contribution in [2.75, 3.05) is 6.54 Å². The molecular weight excluding hydrogens is 280 g/mol. The minimum atomic E-state index is -3.61. The van der Waals surface area contributed by atoms with E-state index in [1.807, 2.05) is 0 Å². The van der Waals surface area contributed by atoms with Crippen molar-refractivity contribution in [3.05, 3.63) is 29.3 Å². The highest BCUT2D eigenvalue weighted by molar-refractivity contribution is 7.89. The van der Waals surface area contributed by atoms with Crippen LogP contribution in [-0.4, -0.2) is 34.9 Å². The predicted molar refractivity (Wildman–Crippen MR) is 73.4 cm³/mol. The van der Waals surface area contributed by atoms with E-state index in [1.54, 1.807) is 30.9 Å². The summed E-state index contributed by atoms with van der Waals surface area (Å²) < 4.78 is 28.9. The van der Waals surface area contributed by atoms with Crippen LogP contribution in [-0.2, 0) is 23.1 Å². The number of rotatable bonds is 6. The molecule has 9 heteroatoms. The lowest BCUT2D eigenvalue weighted by Gasteiger charge is -2.06. The van der Waals surface area contributed by atoms with Crippen molar-refractivity contribution in [2.24, 2.45) is 5.73 Å². The van der Waals surface area contributed by atoms with E-state index in [-0.39, 0.29) is 11.4 Å². The first kappa shape index (κ1) is 14.7. The summed E-state index contributed by atoms with van der Waals surface area (Å²) in [5, 5.41) is 10.6. The molecule has 0 fully saturated rings. The Morgan fingerprint density at radius 2 is 2.20 bits per heavy atom. The van der Waals surface area contributed by atoms with Gasteiger partial charge in [0.25, 0.3) is 0 Å². The third-order valence-corrected chi connectivity index (χ3v) is 4.60. The average molecular weight is 298 g/mol. The molecule has 0 aliphatic heterocycles. The number of aryl methyl sites for hydroxylation is 1. The largest absolute Gasteiger partial charge is 0.329 e. The van der Waals surface area contributed by atoms with Gasteiger partial charge >= 0.3 is 0 Å². The molecule has 0 aliphatic carbocycles. The van der Waals surface area contributed by atoms with Crippen LogP contribution in [0.25, 0.3) is 0 Å². The molecule has 0 unspecified atom stereocenters. The van der Waals surface area contributed by atoms with Gasteiger partial charge in [-0.2, -0.15) is 10.2 Å². The Morgan fingerprint density at radius 3 is 2.80 bits per heavy atom. The molecule has 8 nitrogen and oxygen atoms in total. The van der Waals surface area contributed by atoms with E-state index in [4.69, 9.17) is 5.73 Å². The van der Waals surface area contributed by atoms with E-state index in [9.17, 15) is 8.42 Å². The van der Waals surface area contributed by atoms with Crippen molar-refractivity contribution in [1.82, 2.24) is 24.7 Å². The van der Waals surface area contributed by atoms with Crippen molar-refractivity contribution in [3.8, 4) is 0 Å². The molecule has 2 aromatic heterocycles. The second-order valence-corrected chi connectivity index (χ2v) is 6.15. The van der Waals surface area contributed by atoms with Crippen LogP contribution in [0, 0.1) is 13.8 Å². The molecule has 4 N–H and O–H groups in total. The van der Waals surface area contributed by atoms with Gasteiger partial charge in [-0.1, -0.05) is 0 Å².